The lowest BCUT2D eigenvalue weighted by Gasteiger charge is -2.33. The number of fused-ring (bicyclic) bond motifs is 1. The van der Waals surface area contributed by atoms with E-state index >= 15 is 0 Å². The van der Waals surface area contributed by atoms with Crippen molar-refractivity contribution in [2.24, 2.45) is 5.73 Å². The number of nitrogens with one attached hydrogen (secondary N) is 1. The third-order valence-electron chi connectivity index (χ3n) is 3.99. The van der Waals surface area contributed by atoms with E-state index < -0.39 is 5.54 Å². The van der Waals surface area contributed by atoms with E-state index in [1.807, 2.05) is 24.3 Å². The zero-order chi connectivity index (χ0) is 15.7. The van der Waals surface area contributed by atoms with Crippen molar-refractivity contribution in [3.8, 4) is 5.75 Å². The van der Waals surface area contributed by atoms with E-state index in [1.54, 1.807) is 7.11 Å². The van der Waals surface area contributed by atoms with Gasteiger partial charge in [-0.15, -0.1) is 11.3 Å². The number of thiazole rings is 1. The van der Waals surface area contributed by atoms with Crippen molar-refractivity contribution < 1.29 is 9.53 Å². The van der Waals surface area contributed by atoms with Gasteiger partial charge in [0, 0.05) is 23.8 Å². The van der Waals surface area contributed by atoms with Crippen LogP contribution in [0, 0.1) is 0 Å². The molecule has 1 aliphatic carbocycles. The highest BCUT2D eigenvalue weighted by Crippen LogP contribution is 2.39. The minimum Gasteiger partial charge on any atom is -0.497 e. The number of aryl methyl sites for hydroxylation is 1. The van der Waals surface area contributed by atoms with E-state index in [-0.39, 0.29) is 5.91 Å². The van der Waals surface area contributed by atoms with Crippen LogP contribution in [-0.2, 0) is 23.2 Å². The monoisotopic (exact) mass is 317 g/mol. The molecule has 22 heavy (non-hydrogen) atoms. The summed E-state index contributed by atoms with van der Waals surface area (Å²) in [5.74, 6) is 0.717. The number of amides is 1. The number of aromatic nitrogens is 1. The molecule has 1 atom stereocenters. The van der Waals surface area contributed by atoms with E-state index in [1.165, 1.54) is 18.3 Å². The van der Waals surface area contributed by atoms with Crippen molar-refractivity contribution in [2.45, 2.75) is 31.7 Å². The van der Waals surface area contributed by atoms with Gasteiger partial charge in [0.1, 0.15) is 5.75 Å². The predicted octanol–water partition coefficient (Wildman–Crippen LogP) is 2.45. The lowest BCUT2D eigenvalue weighted by Crippen LogP contribution is -2.41. The molecule has 0 fully saturated rings. The second-order valence-corrected chi connectivity index (χ2v) is 6.72. The molecule has 0 spiro atoms. The smallest absolute Gasteiger partial charge is 0.223 e. The fraction of sp³-hybridized carbons (Fsp3) is 0.375. The van der Waals surface area contributed by atoms with Crippen molar-refractivity contribution in [1.82, 2.24) is 4.98 Å². The van der Waals surface area contributed by atoms with Gasteiger partial charge in [-0.05, 0) is 30.5 Å². The molecule has 1 unspecified atom stereocenters. The van der Waals surface area contributed by atoms with Crippen LogP contribution in [0.2, 0.25) is 0 Å². The van der Waals surface area contributed by atoms with Gasteiger partial charge in [-0.2, -0.15) is 0 Å². The molecule has 1 aromatic carbocycles. The third kappa shape index (κ3) is 2.84. The number of carbonyl (C=O) groups excluding carboxylic acids is 1. The van der Waals surface area contributed by atoms with Gasteiger partial charge in [-0.3, -0.25) is 4.79 Å². The minimum absolute atomic E-state index is 0.0992. The number of nitrogens with zero attached hydrogens (tertiary/aromatic N) is 1. The zero-order valence-electron chi connectivity index (χ0n) is 12.7. The molecule has 0 saturated heterocycles. The fourth-order valence-corrected chi connectivity index (χ4v) is 4.00. The van der Waals surface area contributed by atoms with E-state index in [9.17, 15) is 4.79 Å². The van der Waals surface area contributed by atoms with Gasteiger partial charge >= 0.3 is 0 Å². The standard InChI is InChI=1S/C16H19N3O2S/c1-10(20)18-15-19-13-6-7-16(17,9-14(13)22-15)11-4-3-5-12(8-11)21-2/h3-5,8H,6-7,9,17H2,1-2H3,(H,18,19,20). The van der Waals surface area contributed by atoms with E-state index in [0.717, 1.165) is 41.1 Å². The molecular formula is C16H19N3O2S. The Morgan fingerprint density at radius 3 is 3.05 bits per heavy atom. The number of benzene rings is 1. The lowest BCUT2D eigenvalue weighted by atomic mass is 9.78. The Labute approximate surface area is 133 Å². The van der Waals surface area contributed by atoms with Crippen LogP contribution >= 0.6 is 11.3 Å². The first kappa shape index (κ1) is 15.0. The highest BCUT2D eigenvalue weighted by Gasteiger charge is 2.34. The maximum Gasteiger partial charge on any atom is 0.223 e. The summed E-state index contributed by atoms with van der Waals surface area (Å²) in [6, 6.07) is 7.93. The van der Waals surface area contributed by atoms with Crippen molar-refractivity contribution in [2.75, 3.05) is 12.4 Å². The molecule has 1 aliphatic rings. The second-order valence-electron chi connectivity index (χ2n) is 5.63. The third-order valence-corrected chi connectivity index (χ3v) is 5.00. The molecule has 0 aliphatic heterocycles. The van der Waals surface area contributed by atoms with Crippen LogP contribution < -0.4 is 15.8 Å². The SMILES string of the molecule is COc1cccc(C2(N)CCc3nc(NC(C)=O)sc3C2)c1. The number of ether oxygens (including phenoxy) is 1. The summed E-state index contributed by atoms with van der Waals surface area (Å²) in [5, 5.41) is 3.41. The number of anilines is 1. The first-order valence-electron chi connectivity index (χ1n) is 7.20. The van der Waals surface area contributed by atoms with Gasteiger partial charge in [0.25, 0.3) is 0 Å². The number of methoxy groups -OCH3 is 1. The van der Waals surface area contributed by atoms with Crippen LogP contribution in [-0.4, -0.2) is 18.0 Å². The molecule has 0 bridgehead atoms. The predicted molar refractivity (Wildman–Crippen MR) is 87.3 cm³/mol. The van der Waals surface area contributed by atoms with Gasteiger partial charge in [0.2, 0.25) is 5.91 Å². The Morgan fingerprint density at radius 2 is 2.32 bits per heavy atom. The number of hydrogen-bond donors (Lipinski definition) is 2. The molecule has 2 aromatic rings. The quantitative estimate of drug-likeness (QED) is 0.911. The lowest BCUT2D eigenvalue weighted by molar-refractivity contribution is -0.114. The van der Waals surface area contributed by atoms with Gasteiger partial charge < -0.3 is 15.8 Å². The number of hydrogen-bond acceptors (Lipinski definition) is 5. The molecule has 1 heterocycles. The average molecular weight is 317 g/mol. The minimum atomic E-state index is -0.415. The second kappa shape index (κ2) is 5.70. The molecule has 1 amide bonds. The first-order chi connectivity index (χ1) is 10.5. The Bertz CT molecular complexity index is 713. The van der Waals surface area contributed by atoms with Crippen molar-refractivity contribution in [3.63, 3.8) is 0 Å². The fourth-order valence-electron chi connectivity index (χ4n) is 2.82. The van der Waals surface area contributed by atoms with Gasteiger partial charge in [0.05, 0.1) is 12.8 Å². The van der Waals surface area contributed by atoms with Crippen molar-refractivity contribution in [3.05, 3.63) is 40.4 Å². The maximum atomic E-state index is 11.2. The number of rotatable bonds is 3. The van der Waals surface area contributed by atoms with E-state index in [2.05, 4.69) is 10.3 Å². The summed E-state index contributed by atoms with van der Waals surface area (Å²) in [6.07, 6.45) is 2.38. The van der Waals surface area contributed by atoms with Crippen LogP contribution in [0.25, 0.3) is 0 Å². The first-order valence-corrected chi connectivity index (χ1v) is 8.01. The Morgan fingerprint density at radius 1 is 1.50 bits per heavy atom. The summed E-state index contributed by atoms with van der Waals surface area (Å²) in [4.78, 5) is 16.8. The van der Waals surface area contributed by atoms with Crippen LogP contribution in [0.15, 0.2) is 24.3 Å². The largest absolute Gasteiger partial charge is 0.497 e. The van der Waals surface area contributed by atoms with Crippen LogP contribution in [0.5, 0.6) is 5.75 Å². The van der Waals surface area contributed by atoms with E-state index in [4.69, 9.17) is 10.5 Å². The molecule has 6 heteroatoms. The molecule has 0 saturated carbocycles. The summed E-state index contributed by atoms with van der Waals surface area (Å²) < 4.78 is 5.30. The molecule has 3 rings (SSSR count). The summed E-state index contributed by atoms with van der Waals surface area (Å²) in [5.41, 5.74) is 8.38. The van der Waals surface area contributed by atoms with Crippen molar-refractivity contribution >= 4 is 22.4 Å². The molecular weight excluding hydrogens is 298 g/mol. The Kier molecular flexibility index (Phi) is 3.88. The number of nitrogens with two attached hydrogens (primary N) is 1. The van der Waals surface area contributed by atoms with Crippen molar-refractivity contribution in [1.29, 1.82) is 0 Å². The van der Waals surface area contributed by atoms with Crippen LogP contribution in [0.3, 0.4) is 0 Å². The highest BCUT2D eigenvalue weighted by atomic mass is 32.1. The molecule has 116 valence electrons. The van der Waals surface area contributed by atoms with Gasteiger partial charge in [-0.25, -0.2) is 4.98 Å². The van der Waals surface area contributed by atoms with Crippen LogP contribution in [0.4, 0.5) is 5.13 Å². The summed E-state index contributed by atoms with van der Waals surface area (Å²) >= 11 is 1.52. The highest BCUT2D eigenvalue weighted by molar-refractivity contribution is 7.15. The molecule has 5 nitrogen and oxygen atoms in total. The zero-order valence-corrected chi connectivity index (χ0v) is 13.5. The average Bonchev–Trinajstić information content (AvgIpc) is 2.87. The summed E-state index contributed by atoms with van der Waals surface area (Å²) in [7, 11) is 1.66. The molecule has 1 aromatic heterocycles. The Hall–Kier alpha value is -1.92. The van der Waals surface area contributed by atoms with Gasteiger partial charge in [0.15, 0.2) is 5.13 Å². The Balaban J connectivity index is 1.88. The normalized spacial score (nSPS) is 20.3. The topological polar surface area (TPSA) is 77.2 Å². The summed E-state index contributed by atoms with van der Waals surface area (Å²) in [6.45, 7) is 1.49. The van der Waals surface area contributed by atoms with Crippen LogP contribution in [0.1, 0.15) is 29.5 Å². The van der Waals surface area contributed by atoms with Gasteiger partial charge in [-0.1, -0.05) is 12.1 Å². The molecule has 0 radical (unpaired) electrons. The number of carbonyl (C=O) groups is 1. The maximum absolute atomic E-state index is 11.2. The molecule has 3 N–H and O–H groups in total. The van der Waals surface area contributed by atoms with E-state index in [0.29, 0.717) is 5.13 Å².